The van der Waals surface area contributed by atoms with Crippen molar-refractivity contribution in [3.05, 3.63) is 0 Å². The second kappa shape index (κ2) is 35.0. The summed E-state index contributed by atoms with van der Waals surface area (Å²) in [5.74, 6) is 0.806. The third kappa shape index (κ3) is 27.5. The maximum Gasteiger partial charge on any atom is 0.306 e. The lowest BCUT2D eigenvalue weighted by atomic mass is 9.96. The number of rotatable bonds is 37. The van der Waals surface area contributed by atoms with Crippen LogP contribution in [0.5, 0.6) is 0 Å². The molecule has 0 N–H and O–H groups in total. The molecule has 1 rings (SSSR count). The van der Waals surface area contributed by atoms with Gasteiger partial charge in [-0.25, -0.2) is 0 Å². The van der Waals surface area contributed by atoms with Gasteiger partial charge in [0, 0.05) is 25.4 Å². The van der Waals surface area contributed by atoms with E-state index in [1.54, 1.807) is 0 Å². The van der Waals surface area contributed by atoms with Crippen molar-refractivity contribution < 1.29 is 19.1 Å². The maximum absolute atomic E-state index is 12.8. The van der Waals surface area contributed by atoms with E-state index in [4.69, 9.17) is 9.47 Å². The average Bonchev–Trinajstić information content (AvgIpc) is 3.51. The van der Waals surface area contributed by atoms with Gasteiger partial charge in [0.05, 0.1) is 6.61 Å². The van der Waals surface area contributed by atoms with Crippen molar-refractivity contribution in [2.24, 2.45) is 5.92 Å². The largest absolute Gasteiger partial charge is 0.466 e. The Morgan fingerprint density at radius 1 is 0.540 bits per heavy atom. The first kappa shape index (κ1) is 46.9. The molecule has 5 nitrogen and oxygen atoms in total. The topological polar surface area (TPSA) is 55.8 Å². The summed E-state index contributed by atoms with van der Waals surface area (Å²) in [6, 6.07) is 0.660. The molecule has 0 amide bonds. The molecule has 0 spiro atoms. The fourth-order valence-corrected chi connectivity index (χ4v) is 8.00. The second-order valence-electron chi connectivity index (χ2n) is 16.0. The quantitative estimate of drug-likeness (QED) is 0.0476. The highest BCUT2D eigenvalue weighted by Crippen LogP contribution is 2.30. The molecule has 50 heavy (non-hydrogen) atoms. The van der Waals surface area contributed by atoms with Gasteiger partial charge in [0.2, 0.25) is 0 Å². The van der Waals surface area contributed by atoms with Crippen LogP contribution in [0.4, 0.5) is 0 Å². The Kier molecular flexibility index (Phi) is 32.8. The molecule has 1 fully saturated rings. The molecule has 1 aliphatic heterocycles. The Hall–Kier alpha value is -1.10. The van der Waals surface area contributed by atoms with Gasteiger partial charge in [-0.15, -0.1) is 0 Å². The monoisotopic (exact) mass is 706 g/mol. The number of nitrogens with zero attached hydrogens (tertiary/aromatic N) is 1. The van der Waals surface area contributed by atoms with Crippen molar-refractivity contribution >= 4 is 11.9 Å². The van der Waals surface area contributed by atoms with Crippen LogP contribution in [0.1, 0.15) is 240 Å². The minimum atomic E-state index is -0.00350. The van der Waals surface area contributed by atoms with E-state index in [-0.39, 0.29) is 18.0 Å². The normalized spacial score (nSPS) is 16.4. The lowest BCUT2D eigenvalue weighted by Crippen LogP contribution is -2.29. The highest BCUT2D eigenvalue weighted by atomic mass is 16.5. The summed E-state index contributed by atoms with van der Waals surface area (Å²) in [6.45, 7) is 12.0. The standard InChI is InChI=1S/C45H87NO4/c1-5-9-12-15-18-19-20-23-31-38-49-44(47)36-30-29-33-42-39-41(40-46(42)8-4)32-25-24-28-37-45(48)50-43(34-26-21-16-13-10-6-2)35-27-22-17-14-11-7-3/h41-43H,5-40H2,1-4H3. The summed E-state index contributed by atoms with van der Waals surface area (Å²) in [6.07, 6.45) is 39.6. The van der Waals surface area contributed by atoms with Crippen molar-refractivity contribution in [2.75, 3.05) is 19.7 Å². The number of carbonyl (C=O) groups is 2. The number of hydrogen-bond acceptors (Lipinski definition) is 5. The number of carbonyl (C=O) groups excluding carboxylic acids is 2. The van der Waals surface area contributed by atoms with E-state index < -0.39 is 0 Å². The van der Waals surface area contributed by atoms with E-state index in [0.29, 0.717) is 25.5 Å². The zero-order chi connectivity index (χ0) is 36.3. The SMILES string of the molecule is CCCCCCCCCCCOC(=O)CCCCC1CC(CCCCCC(=O)OC(CCCCCCCC)CCCCCCCC)CN1CC. The van der Waals surface area contributed by atoms with E-state index in [1.807, 2.05) is 0 Å². The van der Waals surface area contributed by atoms with E-state index in [1.165, 1.54) is 161 Å². The van der Waals surface area contributed by atoms with E-state index in [9.17, 15) is 9.59 Å². The van der Waals surface area contributed by atoms with Crippen molar-refractivity contribution in [1.29, 1.82) is 0 Å². The van der Waals surface area contributed by atoms with E-state index in [0.717, 1.165) is 57.4 Å². The lowest BCUT2D eigenvalue weighted by Gasteiger charge is -2.22. The third-order valence-corrected chi connectivity index (χ3v) is 11.3. The van der Waals surface area contributed by atoms with Crippen molar-refractivity contribution in [3.8, 4) is 0 Å². The van der Waals surface area contributed by atoms with Gasteiger partial charge < -0.3 is 14.4 Å². The molecule has 1 aliphatic rings. The summed E-state index contributed by atoms with van der Waals surface area (Å²) in [5.41, 5.74) is 0. The zero-order valence-corrected chi connectivity index (χ0v) is 34.3. The van der Waals surface area contributed by atoms with Crippen LogP contribution in [-0.4, -0.2) is 48.7 Å². The molecule has 0 saturated carbocycles. The minimum absolute atomic E-state index is 0.00350. The third-order valence-electron chi connectivity index (χ3n) is 11.3. The molecule has 0 aromatic carbocycles. The van der Waals surface area contributed by atoms with Crippen molar-refractivity contribution in [1.82, 2.24) is 4.90 Å². The molecule has 0 aromatic rings. The molecule has 1 heterocycles. The smallest absolute Gasteiger partial charge is 0.306 e. The van der Waals surface area contributed by atoms with Gasteiger partial charge in [-0.3, -0.25) is 9.59 Å². The Bertz CT molecular complexity index is 741. The predicted octanol–water partition coefficient (Wildman–Crippen LogP) is 13.7. The number of likely N-dealkylation sites (tertiary alicyclic amines) is 1. The van der Waals surface area contributed by atoms with Crippen molar-refractivity contribution in [3.63, 3.8) is 0 Å². The van der Waals surface area contributed by atoms with Crippen LogP contribution in [0.3, 0.4) is 0 Å². The summed E-state index contributed by atoms with van der Waals surface area (Å²) in [7, 11) is 0. The van der Waals surface area contributed by atoms with Crippen LogP contribution in [0.15, 0.2) is 0 Å². The number of ether oxygens (including phenoxy) is 2. The number of unbranched alkanes of at least 4 members (excludes halogenated alkanes) is 21. The molecule has 0 aromatic heterocycles. The van der Waals surface area contributed by atoms with Crippen molar-refractivity contribution in [2.45, 2.75) is 252 Å². The molecule has 2 atom stereocenters. The molecule has 1 saturated heterocycles. The molecule has 0 aliphatic carbocycles. The lowest BCUT2D eigenvalue weighted by molar-refractivity contribution is -0.150. The summed E-state index contributed by atoms with van der Waals surface area (Å²) in [4.78, 5) is 27.7. The molecular formula is C45H87NO4. The van der Waals surface area contributed by atoms with Gasteiger partial charge in [0.15, 0.2) is 0 Å². The second-order valence-corrected chi connectivity index (χ2v) is 16.0. The minimum Gasteiger partial charge on any atom is -0.466 e. The van der Waals surface area contributed by atoms with Gasteiger partial charge in [0.25, 0.3) is 0 Å². The summed E-state index contributed by atoms with van der Waals surface area (Å²) < 4.78 is 11.6. The van der Waals surface area contributed by atoms with Crippen LogP contribution in [0.25, 0.3) is 0 Å². The first-order valence-electron chi connectivity index (χ1n) is 22.6. The van der Waals surface area contributed by atoms with Gasteiger partial charge >= 0.3 is 11.9 Å². The summed E-state index contributed by atoms with van der Waals surface area (Å²) >= 11 is 0. The highest BCUT2D eigenvalue weighted by molar-refractivity contribution is 5.69. The first-order valence-corrected chi connectivity index (χ1v) is 22.6. The number of hydrogen-bond donors (Lipinski definition) is 0. The molecule has 0 radical (unpaired) electrons. The first-order chi connectivity index (χ1) is 24.5. The fourth-order valence-electron chi connectivity index (χ4n) is 8.00. The molecular weight excluding hydrogens is 618 g/mol. The predicted molar refractivity (Wildman–Crippen MR) is 215 cm³/mol. The maximum atomic E-state index is 12.8. The average molecular weight is 706 g/mol. The Morgan fingerprint density at radius 3 is 1.56 bits per heavy atom. The molecule has 296 valence electrons. The van der Waals surface area contributed by atoms with Gasteiger partial charge in [0.1, 0.15) is 6.10 Å². The number of esters is 2. The van der Waals surface area contributed by atoms with Crippen LogP contribution in [0.2, 0.25) is 0 Å². The van der Waals surface area contributed by atoms with E-state index in [2.05, 4.69) is 32.6 Å². The highest BCUT2D eigenvalue weighted by Gasteiger charge is 2.30. The van der Waals surface area contributed by atoms with Crippen LogP contribution >= 0.6 is 0 Å². The Labute approximate surface area is 312 Å². The van der Waals surface area contributed by atoms with Gasteiger partial charge in [-0.1, -0.05) is 163 Å². The molecule has 0 bridgehead atoms. The summed E-state index contributed by atoms with van der Waals surface area (Å²) in [5, 5.41) is 0. The van der Waals surface area contributed by atoms with E-state index >= 15 is 0 Å². The van der Waals surface area contributed by atoms with Gasteiger partial charge in [-0.2, -0.15) is 0 Å². The molecule has 2 unspecified atom stereocenters. The van der Waals surface area contributed by atoms with Gasteiger partial charge in [-0.05, 0) is 76.7 Å². The Morgan fingerprint density at radius 2 is 1.00 bits per heavy atom. The Balaban J connectivity index is 2.16. The zero-order valence-electron chi connectivity index (χ0n) is 34.3. The molecule has 5 heteroatoms. The van der Waals surface area contributed by atoms with Crippen LogP contribution in [0, 0.1) is 5.92 Å². The van der Waals surface area contributed by atoms with Crippen LogP contribution in [-0.2, 0) is 19.1 Å². The fraction of sp³-hybridized carbons (Fsp3) is 0.956. The van der Waals surface area contributed by atoms with Crippen LogP contribution < -0.4 is 0 Å².